The van der Waals surface area contributed by atoms with E-state index in [1.807, 2.05) is 12.1 Å². The van der Waals surface area contributed by atoms with Crippen molar-refractivity contribution in [3.63, 3.8) is 0 Å². The predicted octanol–water partition coefficient (Wildman–Crippen LogP) is 3.69. The molecule has 0 radical (unpaired) electrons. The molecule has 2 aromatic carbocycles. The SMILES string of the molecule is CCN(CC)Cc1ccc(CNC(=O)c2ccc(N)cc2Cl)cc1. The fourth-order valence-corrected chi connectivity index (χ4v) is 2.74. The predicted molar refractivity (Wildman–Crippen MR) is 100 cm³/mol. The molecule has 3 N–H and O–H groups in total. The number of carbonyl (C=O) groups excluding carboxylic acids is 1. The van der Waals surface area contributed by atoms with E-state index in [1.54, 1.807) is 18.2 Å². The Morgan fingerprint density at radius 3 is 2.29 bits per heavy atom. The lowest BCUT2D eigenvalue weighted by molar-refractivity contribution is 0.0951. The van der Waals surface area contributed by atoms with Gasteiger partial charge in [-0.05, 0) is 42.4 Å². The molecule has 128 valence electrons. The topological polar surface area (TPSA) is 58.4 Å². The van der Waals surface area contributed by atoms with Crippen LogP contribution in [0.25, 0.3) is 0 Å². The first-order valence-electron chi connectivity index (χ1n) is 8.16. The quantitative estimate of drug-likeness (QED) is 0.752. The van der Waals surface area contributed by atoms with Crippen LogP contribution in [0.1, 0.15) is 35.3 Å². The number of halogens is 1. The van der Waals surface area contributed by atoms with Gasteiger partial charge in [0.2, 0.25) is 0 Å². The molecule has 0 aliphatic heterocycles. The van der Waals surface area contributed by atoms with Crippen LogP contribution in [-0.2, 0) is 13.1 Å². The maximum atomic E-state index is 12.2. The smallest absolute Gasteiger partial charge is 0.253 e. The molecule has 0 bridgehead atoms. The van der Waals surface area contributed by atoms with Crippen LogP contribution in [0.15, 0.2) is 42.5 Å². The molecule has 2 rings (SSSR count). The number of hydrogen-bond acceptors (Lipinski definition) is 3. The van der Waals surface area contributed by atoms with Crippen LogP contribution in [0.4, 0.5) is 5.69 Å². The lowest BCUT2D eigenvalue weighted by Gasteiger charge is -2.18. The average Bonchev–Trinajstić information content (AvgIpc) is 2.58. The number of anilines is 1. The number of rotatable bonds is 7. The summed E-state index contributed by atoms with van der Waals surface area (Å²) in [6.07, 6.45) is 0. The summed E-state index contributed by atoms with van der Waals surface area (Å²) in [5.41, 5.74) is 8.95. The van der Waals surface area contributed by atoms with Crippen molar-refractivity contribution < 1.29 is 4.79 Å². The van der Waals surface area contributed by atoms with E-state index in [0.717, 1.165) is 25.2 Å². The van der Waals surface area contributed by atoms with E-state index in [-0.39, 0.29) is 5.91 Å². The Morgan fingerprint density at radius 1 is 1.08 bits per heavy atom. The van der Waals surface area contributed by atoms with Crippen LogP contribution in [0, 0.1) is 0 Å². The molecule has 0 spiro atoms. The molecule has 0 saturated heterocycles. The highest BCUT2D eigenvalue weighted by Gasteiger charge is 2.10. The molecular weight excluding hydrogens is 322 g/mol. The summed E-state index contributed by atoms with van der Waals surface area (Å²) in [4.78, 5) is 14.6. The second kappa shape index (κ2) is 8.71. The monoisotopic (exact) mass is 345 g/mol. The Kier molecular flexibility index (Phi) is 6.64. The molecular formula is C19H24ClN3O. The fourth-order valence-electron chi connectivity index (χ4n) is 2.46. The van der Waals surface area contributed by atoms with E-state index in [4.69, 9.17) is 17.3 Å². The zero-order valence-electron chi connectivity index (χ0n) is 14.2. The molecule has 0 fully saturated rings. The summed E-state index contributed by atoms with van der Waals surface area (Å²) >= 11 is 6.06. The molecule has 0 saturated carbocycles. The largest absolute Gasteiger partial charge is 0.399 e. The van der Waals surface area contributed by atoms with E-state index in [9.17, 15) is 4.79 Å². The van der Waals surface area contributed by atoms with Gasteiger partial charge in [0.15, 0.2) is 0 Å². The molecule has 0 aliphatic rings. The highest BCUT2D eigenvalue weighted by Crippen LogP contribution is 2.19. The zero-order chi connectivity index (χ0) is 17.5. The maximum Gasteiger partial charge on any atom is 0.253 e. The first-order valence-corrected chi connectivity index (χ1v) is 8.54. The summed E-state index contributed by atoms with van der Waals surface area (Å²) in [7, 11) is 0. The van der Waals surface area contributed by atoms with Gasteiger partial charge in [0.05, 0.1) is 10.6 Å². The summed E-state index contributed by atoms with van der Waals surface area (Å²) in [6, 6.07) is 13.2. The Bertz CT molecular complexity index is 682. The summed E-state index contributed by atoms with van der Waals surface area (Å²) in [5, 5.41) is 3.25. The van der Waals surface area contributed by atoms with Gasteiger partial charge in [0.25, 0.3) is 5.91 Å². The van der Waals surface area contributed by atoms with E-state index < -0.39 is 0 Å². The lowest BCUT2D eigenvalue weighted by atomic mass is 10.1. The highest BCUT2D eigenvalue weighted by atomic mass is 35.5. The lowest BCUT2D eigenvalue weighted by Crippen LogP contribution is -2.23. The van der Waals surface area contributed by atoms with E-state index in [1.165, 1.54) is 5.56 Å². The third-order valence-electron chi connectivity index (χ3n) is 4.01. The first-order chi connectivity index (χ1) is 11.5. The Labute approximate surface area is 148 Å². The molecule has 24 heavy (non-hydrogen) atoms. The molecule has 5 heteroatoms. The van der Waals surface area contributed by atoms with Gasteiger partial charge in [-0.25, -0.2) is 0 Å². The molecule has 2 aromatic rings. The van der Waals surface area contributed by atoms with Crippen LogP contribution in [-0.4, -0.2) is 23.9 Å². The fraction of sp³-hybridized carbons (Fsp3) is 0.316. The van der Waals surface area contributed by atoms with Gasteiger partial charge in [0.1, 0.15) is 0 Å². The van der Waals surface area contributed by atoms with Crippen LogP contribution < -0.4 is 11.1 Å². The van der Waals surface area contributed by atoms with Crippen molar-refractivity contribution in [2.45, 2.75) is 26.9 Å². The van der Waals surface area contributed by atoms with Gasteiger partial charge in [-0.15, -0.1) is 0 Å². The minimum Gasteiger partial charge on any atom is -0.399 e. The second-order valence-corrected chi connectivity index (χ2v) is 6.11. The van der Waals surface area contributed by atoms with E-state index in [0.29, 0.717) is 22.8 Å². The number of nitrogens with zero attached hydrogens (tertiary/aromatic N) is 1. The molecule has 0 aliphatic carbocycles. The second-order valence-electron chi connectivity index (χ2n) is 5.70. The third-order valence-corrected chi connectivity index (χ3v) is 4.33. The van der Waals surface area contributed by atoms with Crippen molar-refractivity contribution >= 4 is 23.2 Å². The van der Waals surface area contributed by atoms with Gasteiger partial charge in [-0.3, -0.25) is 9.69 Å². The number of carbonyl (C=O) groups is 1. The van der Waals surface area contributed by atoms with Crippen molar-refractivity contribution in [3.8, 4) is 0 Å². The third kappa shape index (κ3) is 4.98. The Hall–Kier alpha value is -2.04. The minimum atomic E-state index is -0.202. The van der Waals surface area contributed by atoms with Crippen molar-refractivity contribution in [1.29, 1.82) is 0 Å². The average molecular weight is 346 g/mol. The number of nitrogens with one attached hydrogen (secondary N) is 1. The van der Waals surface area contributed by atoms with Crippen molar-refractivity contribution in [2.24, 2.45) is 0 Å². The number of hydrogen-bond donors (Lipinski definition) is 2. The molecule has 4 nitrogen and oxygen atoms in total. The normalized spacial score (nSPS) is 10.8. The van der Waals surface area contributed by atoms with Crippen LogP contribution in [0.2, 0.25) is 5.02 Å². The van der Waals surface area contributed by atoms with Gasteiger partial charge in [-0.2, -0.15) is 0 Å². The van der Waals surface area contributed by atoms with Crippen LogP contribution in [0.5, 0.6) is 0 Å². The number of amides is 1. The maximum absolute atomic E-state index is 12.2. The minimum absolute atomic E-state index is 0.202. The first kappa shape index (κ1) is 18.3. The van der Waals surface area contributed by atoms with Crippen molar-refractivity contribution in [1.82, 2.24) is 10.2 Å². The standard InChI is InChI=1S/C19H24ClN3O/c1-3-23(4-2)13-15-7-5-14(6-8-15)12-22-19(24)17-10-9-16(21)11-18(17)20/h5-11H,3-4,12-13,21H2,1-2H3,(H,22,24). The molecule has 0 heterocycles. The molecule has 0 aromatic heterocycles. The summed E-state index contributed by atoms with van der Waals surface area (Å²) in [6.45, 7) is 7.81. The van der Waals surface area contributed by atoms with Gasteiger partial charge < -0.3 is 11.1 Å². The van der Waals surface area contributed by atoms with Crippen LogP contribution >= 0.6 is 11.6 Å². The molecule has 1 amide bonds. The van der Waals surface area contributed by atoms with Gasteiger partial charge >= 0.3 is 0 Å². The number of nitrogen functional groups attached to an aromatic ring is 1. The van der Waals surface area contributed by atoms with Crippen molar-refractivity contribution in [3.05, 3.63) is 64.2 Å². The van der Waals surface area contributed by atoms with E-state index in [2.05, 4.69) is 36.2 Å². The van der Waals surface area contributed by atoms with Crippen LogP contribution in [0.3, 0.4) is 0 Å². The van der Waals surface area contributed by atoms with Gasteiger partial charge in [-0.1, -0.05) is 49.7 Å². The van der Waals surface area contributed by atoms with E-state index >= 15 is 0 Å². The number of benzene rings is 2. The molecule has 0 unspecified atom stereocenters. The zero-order valence-corrected chi connectivity index (χ0v) is 14.9. The summed E-state index contributed by atoms with van der Waals surface area (Å²) in [5.74, 6) is -0.202. The number of nitrogens with two attached hydrogens (primary N) is 1. The highest BCUT2D eigenvalue weighted by molar-refractivity contribution is 6.34. The Balaban J connectivity index is 1.93. The van der Waals surface area contributed by atoms with Crippen molar-refractivity contribution in [2.75, 3.05) is 18.8 Å². The summed E-state index contributed by atoms with van der Waals surface area (Å²) < 4.78 is 0. The van der Waals surface area contributed by atoms with Gasteiger partial charge in [0, 0.05) is 18.8 Å². The Morgan fingerprint density at radius 2 is 1.71 bits per heavy atom. The molecule has 0 atom stereocenters.